The van der Waals surface area contributed by atoms with Crippen LogP contribution < -0.4 is 0 Å². The minimum absolute atomic E-state index is 0.245. The number of aromatic nitrogens is 6. The van der Waals surface area contributed by atoms with Gasteiger partial charge in [0, 0.05) is 42.9 Å². The van der Waals surface area contributed by atoms with Crippen molar-refractivity contribution in [2.75, 3.05) is 26.3 Å². The van der Waals surface area contributed by atoms with Crippen LogP contribution in [0.2, 0.25) is 0 Å². The predicted octanol–water partition coefficient (Wildman–Crippen LogP) is 4.05. The van der Waals surface area contributed by atoms with Gasteiger partial charge in [-0.15, -0.1) is 10.2 Å². The van der Waals surface area contributed by atoms with E-state index >= 15 is 0 Å². The number of hydrogen-bond acceptors (Lipinski definition) is 6. The lowest BCUT2D eigenvalue weighted by atomic mass is 9.75. The van der Waals surface area contributed by atoms with Crippen LogP contribution in [0.4, 0.5) is 13.2 Å². The van der Waals surface area contributed by atoms with Gasteiger partial charge in [0.05, 0.1) is 30.5 Å². The van der Waals surface area contributed by atoms with Crippen molar-refractivity contribution < 1.29 is 17.9 Å². The van der Waals surface area contributed by atoms with Gasteiger partial charge in [0.1, 0.15) is 23.5 Å². The summed E-state index contributed by atoms with van der Waals surface area (Å²) < 4.78 is 49.0. The van der Waals surface area contributed by atoms with Gasteiger partial charge in [0.25, 0.3) is 0 Å². The van der Waals surface area contributed by atoms with Crippen LogP contribution in [-0.4, -0.2) is 61.1 Å². The summed E-state index contributed by atoms with van der Waals surface area (Å²) in [5, 5.41) is 16.1. The number of likely N-dealkylation sites (tertiary alicyclic amines) is 1. The summed E-state index contributed by atoms with van der Waals surface area (Å²) >= 11 is 0. The summed E-state index contributed by atoms with van der Waals surface area (Å²) in [5.41, 5.74) is 1.99. The normalized spacial score (nSPS) is 18.7. The molecule has 6 rings (SSSR count). The molecule has 1 atom stereocenters. The Morgan fingerprint density at radius 1 is 1.19 bits per heavy atom. The Morgan fingerprint density at radius 3 is 2.61 bits per heavy atom. The van der Waals surface area contributed by atoms with Gasteiger partial charge in [-0.2, -0.15) is 18.3 Å². The number of rotatable bonds is 6. The second kappa shape index (κ2) is 8.38. The Morgan fingerprint density at radius 2 is 2.00 bits per heavy atom. The Bertz CT molecular complexity index is 1420. The largest absolute Gasteiger partial charge is 0.433 e. The van der Waals surface area contributed by atoms with E-state index in [0.717, 1.165) is 42.5 Å². The summed E-state index contributed by atoms with van der Waals surface area (Å²) in [6.45, 7) is 4.65. The molecule has 1 aromatic carbocycles. The third-order valence-electron chi connectivity index (χ3n) is 7.51. The highest BCUT2D eigenvalue weighted by molar-refractivity contribution is 5.94. The van der Waals surface area contributed by atoms with E-state index in [1.165, 1.54) is 0 Å². The lowest BCUT2D eigenvalue weighted by Gasteiger charge is -2.41. The zero-order chi connectivity index (χ0) is 25.1. The van der Waals surface area contributed by atoms with E-state index in [-0.39, 0.29) is 11.5 Å². The first-order valence-corrected chi connectivity index (χ1v) is 12.0. The Hall–Kier alpha value is -3.31. The third kappa shape index (κ3) is 3.77. The average Bonchev–Trinajstić information content (AvgIpc) is 3.39. The number of hydrogen-bond donors (Lipinski definition) is 1. The fourth-order valence-electron chi connectivity index (χ4n) is 5.10. The molecule has 0 saturated carbocycles. The van der Waals surface area contributed by atoms with E-state index < -0.39 is 11.9 Å². The van der Waals surface area contributed by atoms with Crippen molar-refractivity contribution in [2.24, 2.45) is 7.05 Å². The molecule has 0 spiro atoms. The highest BCUT2D eigenvalue weighted by Crippen LogP contribution is 2.40. The first-order valence-electron chi connectivity index (χ1n) is 12.0. The summed E-state index contributed by atoms with van der Waals surface area (Å²) in [7, 11) is 1.90. The molecule has 3 aromatic heterocycles. The lowest BCUT2D eigenvalue weighted by Crippen LogP contribution is -2.49. The smallest absolute Gasteiger partial charge is 0.379 e. The number of aryl methyl sites for hydroxylation is 1. The summed E-state index contributed by atoms with van der Waals surface area (Å²) in [6.07, 6.45) is -1.21. The quantitative estimate of drug-likeness (QED) is 0.433. The molecule has 5 heterocycles. The van der Waals surface area contributed by atoms with Gasteiger partial charge in [0.2, 0.25) is 0 Å². The lowest BCUT2D eigenvalue weighted by molar-refractivity contribution is -0.141. The highest BCUT2D eigenvalue weighted by atomic mass is 19.4. The molecule has 0 aliphatic carbocycles. The average molecular weight is 498 g/mol. The van der Waals surface area contributed by atoms with Crippen molar-refractivity contribution in [3.8, 4) is 11.3 Å². The predicted molar refractivity (Wildman–Crippen MR) is 126 cm³/mol. The minimum Gasteiger partial charge on any atom is -0.379 e. The molecule has 0 radical (unpaired) electrons. The van der Waals surface area contributed by atoms with Crippen molar-refractivity contribution in [1.82, 2.24) is 34.8 Å². The van der Waals surface area contributed by atoms with Crippen LogP contribution in [0.15, 0.2) is 36.7 Å². The number of nitrogens with zero attached hydrogens (tertiary/aromatic N) is 6. The van der Waals surface area contributed by atoms with Crippen LogP contribution in [0, 0.1) is 0 Å². The molecule has 8 nitrogen and oxygen atoms in total. The van der Waals surface area contributed by atoms with Crippen LogP contribution in [0.1, 0.15) is 42.2 Å². The molecule has 2 aliphatic rings. The van der Waals surface area contributed by atoms with E-state index in [1.807, 2.05) is 42.8 Å². The zero-order valence-corrected chi connectivity index (χ0v) is 20.0. The van der Waals surface area contributed by atoms with Crippen LogP contribution in [0.25, 0.3) is 22.2 Å². The van der Waals surface area contributed by atoms with E-state index in [4.69, 9.17) is 4.74 Å². The van der Waals surface area contributed by atoms with Crippen LogP contribution in [0.3, 0.4) is 0 Å². The van der Waals surface area contributed by atoms with Crippen LogP contribution >= 0.6 is 0 Å². The SMILES string of the molecule is C[C@@H](c1nc(C(F)(F)F)cc2c(-c3cccc(C4(Cc5nncn5C)COC4)c3)n[nH]c12)N1CCC1. The first kappa shape index (κ1) is 23.1. The molecular formula is C25H26F3N7O. The third-order valence-corrected chi connectivity index (χ3v) is 7.51. The maximum absolute atomic E-state index is 13.8. The van der Waals surface area contributed by atoms with Crippen molar-refractivity contribution in [3.63, 3.8) is 0 Å². The molecular weight excluding hydrogens is 471 g/mol. The molecule has 188 valence electrons. The van der Waals surface area contributed by atoms with Gasteiger partial charge >= 0.3 is 6.18 Å². The Labute approximate surface area is 205 Å². The van der Waals surface area contributed by atoms with E-state index in [9.17, 15) is 13.2 Å². The molecule has 1 N–H and O–H groups in total. The van der Waals surface area contributed by atoms with Gasteiger partial charge in [-0.1, -0.05) is 18.2 Å². The van der Waals surface area contributed by atoms with Crippen molar-refractivity contribution in [1.29, 1.82) is 0 Å². The highest BCUT2D eigenvalue weighted by Gasteiger charge is 2.42. The Balaban J connectivity index is 1.44. The second-order valence-corrected chi connectivity index (χ2v) is 9.84. The minimum atomic E-state index is -4.56. The van der Waals surface area contributed by atoms with Gasteiger partial charge < -0.3 is 9.30 Å². The van der Waals surface area contributed by atoms with Gasteiger partial charge in [-0.05, 0) is 31.0 Å². The number of nitrogens with one attached hydrogen (secondary N) is 1. The monoisotopic (exact) mass is 497 g/mol. The number of aromatic amines is 1. The fourth-order valence-corrected chi connectivity index (χ4v) is 5.10. The first-order chi connectivity index (χ1) is 17.2. The fraction of sp³-hybridized carbons (Fsp3) is 0.440. The molecule has 2 saturated heterocycles. The number of fused-ring (bicyclic) bond motifs is 1. The molecule has 2 fully saturated rings. The Kier molecular flexibility index (Phi) is 5.38. The van der Waals surface area contributed by atoms with Crippen molar-refractivity contribution >= 4 is 10.9 Å². The van der Waals surface area contributed by atoms with E-state index in [2.05, 4.69) is 30.3 Å². The molecule has 11 heteroatoms. The standard InChI is InChI=1S/C25H26F3N7O/c1-15(35-7-4-8-35)21-23-18(10-19(30-21)25(26,27)28)22(32-33-23)16-5-3-6-17(9-16)24(12-36-13-24)11-20-31-29-14-34(20)2/h3,5-6,9-10,14-15H,4,7-8,11-13H2,1-2H3,(H,32,33)/t15-/m0/s1. The maximum Gasteiger partial charge on any atom is 0.433 e. The van der Waals surface area contributed by atoms with Gasteiger partial charge in [0.15, 0.2) is 0 Å². The number of H-pyrrole nitrogens is 1. The topological polar surface area (TPSA) is 84.7 Å². The number of pyridine rings is 1. The van der Waals surface area contributed by atoms with Crippen molar-refractivity contribution in [2.45, 2.75) is 37.4 Å². The van der Waals surface area contributed by atoms with Crippen LogP contribution in [0.5, 0.6) is 0 Å². The molecule has 0 amide bonds. The molecule has 0 unspecified atom stereocenters. The number of ether oxygens (including phenoxy) is 1. The molecule has 36 heavy (non-hydrogen) atoms. The molecule has 2 aliphatic heterocycles. The van der Waals surface area contributed by atoms with E-state index in [1.54, 1.807) is 6.33 Å². The van der Waals surface area contributed by atoms with Crippen molar-refractivity contribution in [3.05, 3.63) is 59.4 Å². The number of benzene rings is 1. The molecule has 0 bridgehead atoms. The number of halogens is 3. The number of alkyl halides is 3. The van der Waals surface area contributed by atoms with Crippen LogP contribution in [-0.2, 0) is 29.8 Å². The van der Waals surface area contributed by atoms with Gasteiger partial charge in [-0.3, -0.25) is 10.00 Å². The van der Waals surface area contributed by atoms with Gasteiger partial charge in [-0.25, -0.2) is 4.98 Å². The zero-order valence-electron chi connectivity index (χ0n) is 20.0. The summed E-state index contributed by atoms with van der Waals surface area (Å²) in [6, 6.07) is 8.68. The maximum atomic E-state index is 13.8. The summed E-state index contributed by atoms with van der Waals surface area (Å²) in [4.78, 5) is 6.16. The van der Waals surface area contributed by atoms with E-state index in [0.29, 0.717) is 41.9 Å². The second-order valence-electron chi connectivity index (χ2n) is 9.84. The molecule has 4 aromatic rings. The summed E-state index contributed by atoms with van der Waals surface area (Å²) in [5.74, 6) is 0.847.